The number of hydrogen-bond donors (Lipinski definition) is 2. The predicted molar refractivity (Wildman–Crippen MR) is 161 cm³/mol. The van der Waals surface area contributed by atoms with E-state index in [-0.39, 0.29) is 46.1 Å². The topological polar surface area (TPSA) is 125 Å². The number of carbonyl (C=O) groups excluding carboxylic acids is 1. The quantitative estimate of drug-likeness (QED) is 0.176. The number of phenols is 2. The molecule has 0 bridgehead atoms. The number of phenolic OH excluding ortho intramolecular Hbond substituents is 2. The fraction of sp³-hybridized carbons (Fsp3) is 0.200. The van der Waals surface area contributed by atoms with Crippen LogP contribution < -0.4 is 24.4 Å². The lowest BCUT2D eigenvalue weighted by atomic mass is 9.85. The third kappa shape index (κ3) is 4.96. The van der Waals surface area contributed by atoms with Gasteiger partial charge in [0.2, 0.25) is 0 Å². The zero-order chi connectivity index (χ0) is 30.4. The van der Waals surface area contributed by atoms with Gasteiger partial charge in [0.15, 0.2) is 16.9 Å². The van der Waals surface area contributed by atoms with Crippen molar-refractivity contribution in [2.75, 3.05) is 20.3 Å². The van der Waals surface area contributed by atoms with E-state index < -0.39 is 17.3 Å². The summed E-state index contributed by atoms with van der Waals surface area (Å²) < 4.78 is 28.6. The number of methoxy groups -OCH3 is 1. The predicted octanol–water partition coefficient (Wildman–Crippen LogP) is 5.88. The Morgan fingerprint density at radius 2 is 1.82 bits per heavy atom. The van der Waals surface area contributed by atoms with Crippen LogP contribution >= 0.6 is 0 Å². The molecule has 222 valence electrons. The van der Waals surface area contributed by atoms with Crippen LogP contribution in [-0.4, -0.2) is 36.5 Å². The molecule has 0 unspecified atom stereocenters. The number of benzene rings is 4. The van der Waals surface area contributed by atoms with Gasteiger partial charge in [0.1, 0.15) is 39.7 Å². The second-order valence-electron chi connectivity index (χ2n) is 10.8. The van der Waals surface area contributed by atoms with Crippen molar-refractivity contribution in [2.24, 2.45) is 0 Å². The first-order valence-corrected chi connectivity index (χ1v) is 14.3. The summed E-state index contributed by atoms with van der Waals surface area (Å²) in [7, 11) is 1.44. The first kappa shape index (κ1) is 27.4. The van der Waals surface area contributed by atoms with E-state index in [2.05, 4.69) is 6.07 Å². The van der Waals surface area contributed by atoms with Crippen molar-refractivity contribution in [1.29, 1.82) is 0 Å². The zero-order valence-corrected chi connectivity index (χ0v) is 23.8. The minimum atomic E-state index is -0.544. The van der Waals surface area contributed by atoms with E-state index in [1.165, 1.54) is 30.9 Å². The Hall–Kier alpha value is -5.44. The molecule has 3 heterocycles. The van der Waals surface area contributed by atoms with Gasteiger partial charge in [-0.3, -0.25) is 9.59 Å². The number of ether oxygens (including phenoxy) is 4. The molecule has 9 nitrogen and oxygen atoms in total. The molecule has 7 rings (SSSR count). The van der Waals surface area contributed by atoms with Gasteiger partial charge >= 0.3 is 5.97 Å². The Labute approximate surface area is 251 Å². The summed E-state index contributed by atoms with van der Waals surface area (Å²) >= 11 is 0. The van der Waals surface area contributed by atoms with Gasteiger partial charge in [-0.05, 0) is 53.1 Å². The highest BCUT2D eigenvalue weighted by Crippen LogP contribution is 2.46. The summed E-state index contributed by atoms with van der Waals surface area (Å²) in [4.78, 5) is 26.0. The van der Waals surface area contributed by atoms with Crippen LogP contribution in [0.1, 0.15) is 34.6 Å². The number of aromatic hydroxyl groups is 2. The van der Waals surface area contributed by atoms with Crippen molar-refractivity contribution in [3.05, 3.63) is 105 Å². The van der Waals surface area contributed by atoms with E-state index in [9.17, 15) is 19.8 Å². The molecule has 0 saturated carbocycles. The molecule has 2 aliphatic heterocycles. The van der Waals surface area contributed by atoms with Gasteiger partial charge < -0.3 is 33.6 Å². The largest absolute Gasteiger partial charge is 0.507 e. The molecule has 44 heavy (non-hydrogen) atoms. The molecular formula is C35H28O9. The highest BCUT2D eigenvalue weighted by atomic mass is 16.5. The van der Waals surface area contributed by atoms with E-state index in [1.807, 2.05) is 36.4 Å². The fourth-order valence-corrected chi connectivity index (χ4v) is 5.93. The molecule has 2 aliphatic rings. The molecule has 2 N–H and O–H groups in total. The van der Waals surface area contributed by atoms with Crippen LogP contribution in [0.3, 0.4) is 0 Å². The highest BCUT2D eigenvalue weighted by molar-refractivity contribution is 5.93. The third-order valence-electron chi connectivity index (χ3n) is 8.06. The van der Waals surface area contributed by atoms with Crippen LogP contribution in [0.5, 0.6) is 34.5 Å². The van der Waals surface area contributed by atoms with Crippen LogP contribution in [0.4, 0.5) is 0 Å². The number of hydrogen-bond acceptors (Lipinski definition) is 9. The van der Waals surface area contributed by atoms with Crippen LogP contribution in [0.2, 0.25) is 0 Å². The molecule has 9 heteroatoms. The molecule has 0 aliphatic carbocycles. The standard InChI is InChI=1S/C35H28O9/c1-40-29-8-6-21(15-25(29)36)30-17-26(37)34-27(38)18-31-33(35(34)44-30)24(16-32(39)43-31)20-3-2-4-23(14-20)41-11-9-19-5-7-28-22(13-19)10-12-42-28/h2-8,13-15,17-18,24,36,38H,9-12,16H2,1H3/t24-/m0/s1. The Bertz CT molecular complexity index is 1990. The normalized spacial score (nSPS) is 15.3. The van der Waals surface area contributed by atoms with E-state index in [4.69, 9.17) is 23.4 Å². The lowest BCUT2D eigenvalue weighted by molar-refractivity contribution is -0.135. The molecule has 0 amide bonds. The SMILES string of the molecule is COc1ccc(-c2cc(=O)c3c(O)cc4c(c3o2)[C@H](c2cccc(OCCc3ccc5c(c3)CCO5)c2)CC(=O)O4)cc1O. The summed E-state index contributed by atoms with van der Waals surface area (Å²) in [5.41, 5.74) is 3.64. The molecule has 0 spiro atoms. The lowest BCUT2D eigenvalue weighted by Crippen LogP contribution is -2.22. The fourth-order valence-electron chi connectivity index (χ4n) is 5.93. The van der Waals surface area contributed by atoms with Crippen molar-refractivity contribution >= 4 is 16.9 Å². The monoisotopic (exact) mass is 592 g/mol. The van der Waals surface area contributed by atoms with Crippen molar-refractivity contribution in [3.63, 3.8) is 0 Å². The number of fused-ring (bicyclic) bond motifs is 4. The summed E-state index contributed by atoms with van der Waals surface area (Å²) in [5.74, 6) is 0.609. The smallest absolute Gasteiger partial charge is 0.312 e. The maximum atomic E-state index is 13.3. The van der Waals surface area contributed by atoms with Gasteiger partial charge in [0.05, 0.1) is 26.7 Å². The van der Waals surface area contributed by atoms with E-state index >= 15 is 0 Å². The minimum absolute atomic E-state index is 0.00914. The van der Waals surface area contributed by atoms with E-state index in [0.717, 1.165) is 29.7 Å². The van der Waals surface area contributed by atoms with Crippen molar-refractivity contribution in [2.45, 2.75) is 25.2 Å². The number of carbonyl (C=O) groups is 1. The lowest BCUT2D eigenvalue weighted by Gasteiger charge is -2.26. The first-order chi connectivity index (χ1) is 21.4. The van der Waals surface area contributed by atoms with Crippen molar-refractivity contribution in [1.82, 2.24) is 0 Å². The third-order valence-corrected chi connectivity index (χ3v) is 8.06. The highest BCUT2D eigenvalue weighted by Gasteiger charge is 2.34. The van der Waals surface area contributed by atoms with Crippen molar-refractivity contribution < 1.29 is 38.4 Å². The molecular weight excluding hydrogens is 564 g/mol. The maximum absolute atomic E-state index is 13.3. The molecule has 1 atom stereocenters. The second-order valence-corrected chi connectivity index (χ2v) is 10.8. The minimum Gasteiger partial charge on any atom is -0.507 e. The summed E-state index contributed by atoms with van der Waals surface area (Å²) in [6, 6.07) is 20.8. The molecule has 4 aromatic carbocycles. The zero-order valence-electron chi connectivity index (χ0n) is 23.8. The molecule has 0 saturated heterocycles. The first-order valence-electron chi connectivity index (χ1n) is 14.3. The van der Waals surface area contributed by atoms with Crippen LogP contribution in [0.15, 0.2) is 82.0 Å². The Balaban J connectivity index is 1.24. The second kappa shape index (κ2) is 11.0. The van der Waals surface area contributed by atoms with Crippen LogP contribution in [-0.2, 0) is 17.6 Å². The Morgan fingerprint density at radius 1 is 0.932 bits per heavy atom. The summed E-state index contributed by atoms with van der Waals surface area (Å²) in [5, 5.41) is 21.1. The average molecular weight is 593 g/mol. The molecule has 5 aromatic rings. The van der Waals surface area contributed by atoms with E-state index in [0.29, 0.717) is 30.1 Å². The number of rotatable bonds is 7. The maximum Gasteiger partial charge on any atom is 0.312 e. The van der Waals surface area contributed by atoms with Gasteiger partial charge in [-0.1, -0.05) is 24.3 Å². The van der Waals surface area contributed by atoms with Crippen LogP contribution in [0.25, 0.3) is 22.3 Å². The van der Waals surface area contributed by atoms with Crippen LogP contribution in [0, 0.1) is 0 Å². The van der Waals surface area contributed by atoms with Gasteiger partial charge in [-0.2, -0.15) is 0 Å². The molecule has 0 fully saturated rings. The Morgan fingerprint density at radius 3 is 2.66 bits per heavy atom. The van der Waals surface area contributed by atoms with Gasteiger partial charge in [-0.15, -0.1) is 0 Å². The average Bonchev–Trinajstić information content (AvgIpc) is 3.48. The Kier molecular flexibility index (Phi) is 6.85. The summed E-state index contributed by atoms with van der Waals surface area (Å²) in [6.07, 6.45) is 1.62. The molecule has 0 radical (unpaired) electrons. The number of esters is 1. The summed E-state index contributed by atoms with van der Waals surface area (Å²) in [6.45, 7) is 1.17. The molecule has 1 aromatic heterocycles. The van der Waals surface area contributed by atoms with E-state index in [1.54, 1.807) is 12.1 Å². The van der Waals surface area contributed by atoms with Crippen molar-refractivity contribution in [3.8, 4) is 45.8 Å². The van der Waals surface area contributed by atoms with Gasteiger partial charge in [0.25, 0.3) is 0 Å². The van der Waals surface area contributed by atoms with Gasteiger partial charge in [-0.25, -0.2) is 0 Å². The van der Waals surface area contributed by atoms with Gasteiger partial charge in [0, 0.05) is 42.0 Å².